The summed E-state index contributed by atoms with van der Waals surface area (Å²) < 4.78 is 15.5. The van der Waals surface area contributed by atoms with E-state index in [9.17, 15) is 9.90 Å². The molecule has 3 atom stereocenters. The van der Waals surface area contributed by atoms with Crippen LogP contribution < -0.4 is 0 Å². The van der Waals surface area contributed by atoms with Gasteiger partial charge in [0.2, 0.25) is 0 Å². The largest absolute Gasteiger partial charge is 0.479 e. The van der Waals surface area contributed by atoms with Crippen LogP contribution in [0.25, 0.3) is 33.2 Å². The van der Waals surface area contributed by atoms with E-state index in [0.29, 0.717) is 25.2 Å². The maximum atomic E-state index is 11.8. The van der Waals surface area contributed by atoms with Crippen LogP contribution in [-0.2, 0) is 23.1 Å². The highest BCUT2D eigenvalue weighted by molar-refractivity contribution is 6.08. The Hall–Kier alpha value is -3.92. The van der Waals surface area contributed by atoms with E-state index >= 15 is 0 Å². The molecule has 5 heterocycles. The number of hydrogen-bond acceptors (Lipinski definition) is 7. The lowest BCUT2D eigenvalue weighted by Crippen LogP contribution is -2.42. The van der Waals surface area contributed by atoms with E-state index in [1.54, 1.807) is 23.1 Å². The third-order valence-electron chi connectivity index (χ3n) is 7.44. The van der Waals surface area contributed by atoms with Gasteiger partial charge in [-0.3, -0.25) is 4.98 Å². The molecule has 1 fully saturated rings. The normalized spacial score (nSPS) is 22.0. The summed E-state index contributed by atoms with van der Waals surface area (Å²) in [5, 5.41) is 19.0. The van der Waals surface area contributed by atoms with E-state index in [2.05, 4.69) is 32.8 Å². The monoisotopic (exact) mass is 488 g/mol. The van der Waals surface area contributed by atoms with Crippen molar-refractivity contribution in [3.8, 4) is 11.3 Å². The van der Waals surface area contributed by atoms with Crippen LogP contribution in [0.5, 0.6) is 0 Å². The van der Waals surface area contributed by atoms with Crippen molar-refractivity contribution < 1.29 is 19.4 Å². The van der Waals surface area contributed by atoms with E-state index in [4.69, 9.17) is 14.5 Å². The summed E-state index contributed by atoms with van der Waals surface area (Å²) >= 11 is 0. The van der Waals surface area contributed by atoms with Crippen molar-refractivity contribution >= 4 is 27.9 Å². The number of nitrogens with zero attached hydrogens (tertiary/aromatic N) is 6. The predicted molar refractivity (Wildman–Crippen MR) is 133 cm³/mol. The van der Waals surface area contributed by atoms with Gasteiger partial charge >= 0.3 is 5.97 Å². The molecule has 6 rings (SSSR count). The predicted octanol–water partition coefficient (Wildman–Crippen LogP) is 3.75. The summed E-state index contributed by atoms with van der Waals surface area (Å²) in [5.74, 6) is -0.295. The van der Waals surface area contributed by atoms with Crippen LogP contribution in [0.3, 0.4) is 0 Å². The number of carboxylic acid groups (broad SMARTS) is 1. The van der Waals surface area contributed by atoms with Gasteiger partial charge in [0, 0.05) is 36.9 Å². The molecule has 10 heteroatoms. The Labute approximate surface area is 207 Å². The summed E-state index contributed by atoms with van der Waals surface area (Å²) in [6.45, 7) is 6.01. The summed E-state index contributed by atoms with van der Waals surface area (Å²) in [6.07, 6.45) is 6.25. The Balaban J connectivity index is 1.48. The molecule has 2 aliphatic heterocycles. The van der Waals surface area contributed by atoms with Gasteiger partial charge in [0.1, 0.15) is 12.5 Å². The van der Waals surface area contributed by atoms with Gasteiger partial charge < -0.3 is 24.0 Å². The quantitative estimate of drug-likeness (QED) is 0.453. The standard InChI is InChI=1S/C26H28N6O4/c1-15-13-36-23(31-6-7-35-14-31)10-19(15)12-32-21-8-17(26(33)34)4-5-20(21)24-22(32)9-18(11-27-24)25-16(2)28-29-30(25)3/h4-9,11,15,19,23H,10,12-14H2,1-3H3,(H,33,34). The smallest absolute Gasteiger partial charge is 0.335 e. The molecule has 3 unspecified atom stereocenters. The zero-order valence-electron chi connectivity index (χ0n) is 20.5. The minimum absolute atomic E-state index is 0.0514. The summed E-state index contributed by atoms with van der Waals surface area (Å²) in [7, 11) is 1.87. The molecular weight excluding hydrogens is 460 g/mol. The number of hydrogen-bond donors (Lipinski definition) is 1. The molecule has 10 nitrogen and oxygen atoms in total. The third kappa shape index (κ3) is 3.69. The van der Waals surface area contributed by atoms with Gasteiger partial charge in [-0.2, -0.15) is 0 Å². The van der Waals surface area contributed by atoms with Crippen LogP contribution in [0.15, 0.2) is 42.9 Å². The van der Waals surface area contributed by atoms with E-state index in [1.165, 1.54) is 0 Å². The van der Waals surface area contributed by atoms with Crippen molar-refractivity contribution in [3.05, 3.63) is 54.2 Å². The molecule has 0 radical (unpaired) electrons. The number of carbonyl (C=O) groups is 1. The van der Waals surface area contributed by atoms with Crippen LogP contribution in [0.1, 0.15) is 29.4 Å². The molecule has 186 valence electrons. The second-order valence-corrected chi connectivity index (χ2v) is 9.74. The van der Waals surface area contributed by atoms with Gasteiger partial charge in [-0.25, -0.2) is 9.48 Å². The van der Waals surface area contributed by atoms with Crippen molar-refractivity contribution in [1.82, 2.24) is 29.4 Å². The maximum Gasteiger partial charge on any atom is 0.335 e. The molecular formula is C26H28N6O4. The number of pyridine rings is 1. The molecule has 0 saturated carbocycles. The van der Waals surface area contributed by atoms with Crippen LogP contribution in [0.4, 0.5) is 0 Å². The molecule has 0 aliphatic carbocycles. The van der Waals surface area contributed by atoms with Gasteiger partial charge in [-0.1, -0.05) is 12.1 Å². The number of benzene rings is 1. The van der Waals surface area contributed by atoms with Gasteiger partial charge in [0.15, 0.2) is 6.73 Å². The van der Waals surface area contributed by atoms with Crippen LogP contribution in [-0.4, -0.2) is 60.1 Å². The highest BCUT2D eigenvalue weighted by Gasteiger charge is 2.33. The number of aromatic carboxylic acids is 1. The Morgan fingerprint density at radius 2 is 2.11 bits per heavy atom. The number of carboxylic acids is 1. The van der Waals surface area contributed by atoms with Crippen molar-refractivity contribution in [3.63, 3.8) is 0 Å². The van der Waals surface area contributed by atoms with E-state index in [-0.39, 0.29) is 11.8 Å². The second kappa shape index (κ2) is 8.63. The van der Waals surface area contributed by atoms with Crippen LogP contribution >= 0.6 is 0 Å². The fourth-order valence-electron chi connectivity index (χ4n) is 5.42. The Kier molecular flexibility index (Phi) is 5.40. The first-order valence-electron chi connectivity index (χ1n) is 12.1. The molecule has 1 saturated heterocycles. The SMILES string of the molecule is Cc1nnn(C)c1-c1cnc2c3ccc(C(=O)O)cc3n(CC3CC(N4C=COC4)OCC3C)c2c1. The van der Waals surface area contributed by atoms with Crippen molar-refractivity contribution in [2.45, 2.75) is 33.0 Å². The van der Waals surface area contributed by atoms with E-state index in [1.807, 2.05) is 32.4 Å². The van der Waals surface area contributed by atoms with E-state index in [0.717, 1.165) is 51.9 Å². The molecule has 0 bridgehead atoms. The van der Waals surface area contributed by atoms with Gasteiger partial charge in [0.25, 0.3) is 0 Å². The lowest BCUT2D eigenvalue weighted by molar-refractivity contribution is -0.118. The zero-order chi connectivity index (χ0) is 25.0. The molecule has 4 aromatic rings. The Morgan fingerprint density at radius 1 is 1.25 bits per heavy atom. The summed E-state index contributed by atoms with van der Waals surface area (Å²) in [5.41, 5.74) is 5.61. The lowest BCUT2D eigenvalue weighted by Gasteiger charge is -2.38. The molecule has 0 spiro atoms. The van der Waals surface area contributed by atoms with Gasteiger partial charge in [-0.15, -0.1) is 5.10 Å². The highest BCUT2D eigenvalue weighted by atomic mass is 16.5. The maximum absolute atomic E-state index is 11.8. The van der Waals surface area contributed by atoms with Crippen molar-refractivity contribution in [2.24, 2.45) is 18.9 Å². The molecule has 2 aliphatic rings. The first kappa shape index (κ1) is 22.5. The van der Waals surface area contributed by atoms with Crippen LogP contribution in [0.2, 0.25) is 0 Å². The van der Waals surface area contributed by atoms with Crippen molar-refractivity contribution in [1.29, 1.82) is 0 Å². The Morgan fingerprint density at radius 3 is 2.83 bits per heavy atom. The zero-order valence-corrected chi connectivity index (χ0v) is 20.5. The summed E-state index contributed by atoms with van der Waals surface area (Å²) in [4.78, 5) is 18.7. The second-order valence-electron chi connectivity index (χ2n) is 9.74. The van der Waals surface area contributed by atoms with Gasteiger partial charge in [0.05, 0.1) is 40.1 Å². The average Bonchev–Trinajstić information content (AvgIpc) is 3.59. The van der Waals surface area contributed by atoms with E-state index < -0.39 is 5.97 Å². The fourth-order valence-corrected chi connectivity index (χ4v) is 5.42. The molecule has 0 amide bonds. The van der Waals surface area contributed by atoms with Gasteiger partial charge in [-0.05, 0) is 49.4 Å². The number of fused-ring (bicyclic) bond motifs is 3. The van der Waals surface area contributed by atoms with Crippen molar-refractivity contribution in [2.75, 3.05) is 13.3 Å². The molecule has 3 aromatic heterocycles. The third-order valence-corrected chi connectivity index (χ3v) is 7.44. The number of aryl methyl sites for hydroxylation is 2. The minimum Gasteiger partial charge on any atom is -0.479 e. The average molecular weight is 489 g/mol. The Bertz CT molecular complexity index is 1490. The minimum atomic E-state index is -0.945. The molecule has 1 N–H and O–H groups in total. The summed E-state index contributed by atoms with van der Waals surface area (Å²) in [6, 6.07) is 7.39. The van der Waals surface area contributed by atoms with Crippen LogP contribution in [0, 0.1) is 18.8 Å². The fraction of sp³-hybridized carbons (Fsp3) is 0.385. The number of aromatic nitrogens is 5. The molecule has 36 heavy (non-hydrogen) atoms. The first-order valence-corrected chi connectivity index (χ1v) is 12.1. The highest BCUT2D eigenvalue weighted by Crippen LogP contribution is 2.36. The topological polar surface area (TPSA) is 108 Å². The molecule has 1 aromatic carbocycles. The number of ether oxygens (including phenoxy) is 2. The first-order chi connectivity index (χ1) is 17.4. The number of rotatable bonds is 5. The lowest BCUT2D eigenvalue weighted by atomic mass is 9.88.